The van der Waals surface area contributed by atoms with E-state index in [4.69, 9.17) is 9.84 Å². The van der Waals surface area contributed by atoms with Gasteiger partial charge in [-0.1, -0.05) is 124 Å². The third kappa shape index (κ3) is 6.74. The first-order valence-corrected chi connectivity index (χ1v) is 13.7. The van der Waals surface area contributed by atoms with Gasteiger partial charge in [-0.15, -0.1) is 0 Å². The molecule has 0 aliphatic rings. The second-order valence-corrected chi connectivity index (χ2v) is 10.2. The smallest absolute Gasteiger partial charge is 0.333 e. The molecule has 3 unspecified atom stereocenters. The molecule has 0 radical (unpaired) electrons. The van der Waals surface area contributed by atoms with Crippen molar-refractivity contribution in [1.29, 1.82) is 0 Å². The van der Waals surface area contributed by atoms with Crippen molar-refractivity contribution in [3.05, 3.63) is 148 Å². The van der Waals surface area contributed by atoms with Gasteiger partial charge in [-0.25, -0.2) is 4.79 Å². The van der Waals surface area contributed by atoms with Gasteiger partial charge in [0.15, 0.2) is 0 Å². The monoisotopic (exact) mass is 518 g/mol. The molecule has 4 aromatic rings. The van der Waals surface area contributed by atoms with Crippen LogP contribution in [0.3, 0.4) is 0 Å². The van der Waals surface area contributed by atoms with Crippen LogP contribution in [0.15, 0.2) is 109 Å². The van der Waals surface area contributed by atoms with Crippen molar-refractivity contribution in [2.24, 2.45) is 0 Å². The van der Waals surface area contributed by atoms with Gasteiger partial charge in [-0.05, 0) is 51.9 Å². The largest absolute Gasteiger partial charge is 0.460 e. The predicted octanol–water partition coefficient (Wildman–Crippen LogP) is 8.08. The number of carbonyl (C=O) groups is 1. The van der Waals surface area contributed by atoms with E-state index in [-0.39, 0.29) is 31.0 Å². The summed E-state index contributed by atoms with van der Waals surface area (Å²) >= 11 is 0. The number of ether oxygens (including phenoxy) is 1. The topological polar surface area (TPSA) is 46.5 Å². The average molecular weight is 519 g/mol. The highest BCUT2D eigenvalue weighted by Crippen LogP contribution is 2.39. The van der Waals surface area contributed by atoms with E-state index in [1.807, 2.05) is 18.2 Å². The van der Waals surface area contributed by atoms with Crippen molar-refractivity contribution in [1.82, 2.24) is 0 Å². The number of carbonyl (C=O) groups excluding carboxylic acids is 1. The first kappa shape index (κ1) is 28.1. The number of rotatable bonds is 10. The van der Waals surface area contributed by atoms with E-state index < -0.39 is 5.97 Å². The van der Waals surface area contributed by atoms with Crippen LogP contribution in [-0.2, 0) is 9.53 Å². The minimum absolute atomic E-state index is 0.0158. The van der Waals surface area contributed by atoms with Crippen LogP contribution in [0.5, 0.6) is 0 Å². The van der Waals surface area contributed by atoms with Gasteiger partial charge in [0.1, 0.15) is 6.61 Å². The zero-order chi connectivity index (χ0) is 27.8. The maximum atomic E-state index is 12.8. The second-order valence-electron chi connectivity index (χ2n) is 10.2. The Balaban J connectivity index is 1.96. The summed E-state index contributed by atoms with van der Waals surface area (Å²) in [5.74, 6) is -0.0163. The zero-order valence-corrected chi connectivity index (χ0v) is 23.3. The van der Waals surface area contributed by atoms with Crippen LogP contribution in [0.4, 0.5) is 0 Å². The van der Waals surface area contributed by atoms with E-state index in [1.54, 1.807) is 6.92 Å². The highest BCUT2D eigenvalue weighted by Gasteiger charge is 2.23. The van der Waals surface area contributed by atoms with Gasteiger partial charge in [-0.3, -0.25) is 0 Å². The van der Waals surface area contributed by atoms with Crippen molar-refractivity contribution in [2.45, 2.75) is 45.4 Å². The Kier molecular flexibility index (Phi) is 9.51. The molecule has 0 saturated heterocycles. The van der Waals surface area contributed by atoms with E-state index in [0.717, 1.165) is 5.56 Å². The third-order valence-electron chi connectivity index (χ3n) is 7.61. The Bertz CT molecular complexity index is 1320. The van der Waals surface area contributed by atoms with Crippen molar-refractivity contribution < 1.29 is 14.6 Å². The molecule has 0 heterocycles. The van der Waals surface area contributed by atoms with Gasteiger partial charge in [-0.2, -0.15) is 0 Å². The Morgan fingerprint density at radius 1 is 0.692 bits per heavy atom. The lowest BCUT2D eigenvalue weighted by atomic mass is 9.78. The van der Waals surface area contributed by atoms with E-state index in [1.165, 1.54) is 33.4 Å². The van der Waals surface area contributed by atoms with E-state index in [9.17, 15) is 4.79 Å². The van der Waals surface area contributed by atoms with Crippen molar-refractivity contribution >= 4 is 12.0 Å². The maximum Gasteiger partial charge on any atom is 0.333 e. The number of benzene rings is 4. The molecule has 0 aromatic heterocycles. The molecule has 4 rings (SSSR count). The number of esters is 1. The van der Waals surface area contributed by atoms with Gasteiger partial charge < -0.3 is 9.84 Å². The van der Waals surface area contributed by atoms with Crippen LogP contribution in [0.25, 0.3) is 6.08 Å². The summed E-state index contributed by atoms with van der Waals surface area (Å²) in [5.41, 5.74) is 8.85. The normalized spacial score (nSPS) is 13.9. The minimum Gasteiger partial charge on any atom is -0.460 e. The lowest BCUT2D eigenvalue weighted by Crippen LogP contribution is -2.12. The molecule has 3 nitrogen and oxygen atoms in total. The Morgan fingerprint density at radius 2 is 1.10 bits per heavy atom. The molecule has 0 saturated carbocycles. The SMILES string of the molecule is CC(=Cc1c(C(C)c2ccccc2)cc(C(C)c2ccccc2)cc1C(C)c1ccccc1)C(=O)OCCO. The number of hydrogen-bond donors (Lipinski definition) is 1. The molecule has 0 fully saturated rings. The molecule has 39 heavy (non-hydrogen) atoms. The van der Waals surface area contributed by atoms with Gasteiger partial charge in [0.2, 0.25) is 0 Å². The fourth-order valence-electron chi connectivity index (χ4n) is 5.16. The Labute approximate surface area is 232 Å². The van der Waals surface area contributed by atoms with Gasteiger partial charge in [0, 0.05) is 23.3 Å². The predicted molar refractivity (Wildman–Crippen MR) is 160 cm³/mol. The molecule has 0 spiro atoms. The van der Waals surface area contributed by atoms with Crippen molar-refractivity contribution in [3.8, 4) is 0 Å². The summed E-state index contributed by atoms with van der Waals surface area (Å²) in [6, 6.07) is 36.2. The highest BCUT2D eigenvalue weighted by molar-refractivity contribution is 5.93. The fourth-order valence-corrected chi connectivity index (χ4v) is 5.16. The van der Waals surface area contributed by atoms with Crippen LogP contribution in [0.2, 0.25) is 0 Å². The molecule has 0 bridgehead atoms. The summed E-state index contributed by atoms with van der Waals surface area (Å²) < 4.78 is 5.26. The molecule has 200 valence electrons. The number of aliphatic hydroxyl groups excluding tert-OH is 1. The highest BCUT2D eigenvalue weighted by atomic mass is 16.5. The van der Waals surface area contributed by atoms with Crippen LogP contribution < -0.4 is 0 Å². The molecule has 1 N–H and O–H groups in total. The molecular weight excluding hydrogens is 480 g/mol. The van der Waals surface area contributed by atoms with Gasteiger partial charge in [0.25, 0.3) is 0 Å². The van der Waals surface area contributed by atoms with Gasteiger partial charge >= 0.3 is 5.97 Å². The zero-order valence-electron chi connectivity index (χ0n) is 23.3. The van der Waals surface area contributed by atoms with Crippen LogP contribution in [-0.4, -0.2) is 24.3 Å². The van der Waals surface area contributed by atoms with Crippen LogP contribution in [0.1, 0.15) is 84.4 Å². The standard InChI is InChI=1S/C36H38O3/c1-25(36(38)39-21-20-37)22-35-33(27(3)30-16-10-6-11-17-30)23-32(26(2)29-14-8-5-9-15-29)24-34(35)28(4)31-18-12-7-13-19-31/h5-19,22-24,26-28,37H,20-21H2,1-4H3. The van der Waals surface area contributed by atoms with E-state index in [0.29, 0.717) is 5.57 Å². The minimum atomic E-state index is -0.414. The lowest BCUT2D eigenvalue weighted by Gasteiger charge is -2.26. The molecule has 0 aliphatic carbocycles. The lowest BCUT2D eigenvalue weighted by molar-refractivity contribution is -0.139. The quantitative estimate of drug-likeness (QED) is 0.170. The Morgan fingerprint density at radius 3 is 1.51 bits per heavy atom. The summed E-state index contributed by atoms with van der Waals surface area (Å²) in [6.07, 6.45) is 1.97. The first-order chi connectivity index (χ1) is 18.9. The summed E-state index contributed by atoms with van der Waals surface area (Å²) in [4.78, 5) is 12.8. The molecule has 3 atom stereocenters. The summed E-state index contributed by atoms with van der Waals surface area (Å²) in [6.45, 7) is 8.29. The van der Waals surface area contributed by atoms with E-state index in [2.05, 4.69) is 112 Å². The summed E-state index contributed by atoms with van der Waals surface area (Å²) in [5, 5.41) is 9.15. The van der Waals surface area contributed by atoms with Crippen LogP contribution >= 0.6 is 0 Å². The molecule has 4 aromatic carbocycles. The third-order valence-corrected chi connectivity index (χ3v) is 7.61. The number of aliphatic hydroxyl groups is 1. The van der Waals surface area contributed by atoms with Crippen molar-refractivity contribution in [2.75, 3.05) is 13.2 Å². The van der Waals surface area contributed by atoms with Gasteiger partial charge in [0.05, 0.1) is 6.61 Å². The summed E-state index contributed by atoms with van der Waals surface area (Å²) in [7, 11) is 0. The van der Waals surface area contributed by atoms with Crippen LogP contribution in [0, 0.1) is 0 Å². The molecular formula is C36H38O3. The fraction of sp³-hybridized carbons (Fsp3) is 0.250. The molecule has 3 heteroatoms. The first-order valence-electron chi connectivity index (χ1n) is 13.7. The molecule has 0 aliphatic heterocycles. The second kappa shape index (κ2) is 13.2. The Hall–Kier alpha value is -3.95. The number of hydrogen-bond acceptors (Lipinski definition) is 3. The average Bonchev–Trinajstić information content (AvgIpc) is 3.00. The van der Waals surface area contributed by atoms with E-state index >= 15 is 0 Å². The maximum absolute atomic E-state index is 12.8. The van der Waals surface area contributed by atoms with Crippen molar-refractivity contribution in [3.63, 3.8) is 0 Å². The molecule has 0 amide bonds.